The van der Waals surface area contributed by atoms with Crippen LogP contribution in [-0.4, -0.2) is 37.0 Å². The molecule has 3 nitrogen and oxygen atoms in total. The molecule has 1 aliphatic heterocycles. The summed E-state index contributed by atoms with van der Waals surface area (Å²) in [6.07, 6.45) is 3.00. The molecular weight excluding hydrogens is 395 g/mol. The van der Waals surface area contributed by atoms with Crippen molar-refractivity contribution in [1.82, 2.24) is 4.90 Å². The molecule has 5 heteroatoms. The topological polar surface area (TPSA) is 23.6 Å². The second-order valence-electron chi connectivity index (χ2n) is 6.53. The molecule has 1 amide bonds. The molecule has 26 heavy (non-hydrogen) atoms. The van der Waals surface area contributed by atoms with Crippen LogP contribution in [-0.2, 0) is 4.79 Å². The van der Waals surface area contributed by atoms with Crippen LogP contribution in [0.5, 0.6) is 0 Å². The number of halogens is 2. The Morgan fingerprint density at radius 1 is 1.12 bits per heavy atom. The normalized spacial score (nSPS) is 14.9. The summed E-state index contributed by atoms with van der Waals surface area (Å²) in [6, 6.07) is 11.0. The summed E-state index contributed by atoms with van der Waals surface area (Å²) < 4.78 is 14.6. The summed E-state index contributed by atoms with van der Waals surface area (Å²) in [5.74, 6) is -0.415. The average molecular weight is 417 g/mol. The highest BCUT2D eigenvalue weighted by Crippen LogP contribution is 2.24. The molecule has 0 aliphatic carbocycles. The molecule has 0 radical (unpaired) electrons. The van der Waals surface area contributed by atoms with E-state index in [2.05, 4.69) is 52.9 Å². The molecular formula is C21H22BrFN2O. The molecule has 0 aromatic heterocycles. The van der Waals surface area contributed by atoms with Gasteiger partial charge in [0, 0.05) is 48.0 Å². The van der Waals surface area contributed by atoms with E-state index in [4.69, 9.17) is 0 Å². The van der Waals surface area contributed by atoms with Gasteiger partial charge in [-0.1, -0.05) is 28.1 Å². The first-order valence-corrected chi connectivity index (χ1v) is 9.48. The van der Waals surface area contributed by atoms with E-state index in [0.717, 1.165) is 17.6 Å². The van der Waals surface area contributed by atoms with Crippen LogP contribution in [0.2, 0.25) is 0 Å². The maximum atomic E-state index is 13.8. The van der Waals surface area contributed by atoms with E-state index in [-0.39, 0.29) is 11.7 Å². The van der Waals surface area contributed by atoms with Crippen LogP contribution in [0.3, 0.4) is 0 Å². The highest BCUT2D eigenvalue weighted by molar-refractivity contribution is 9.10. The highest BCUT2D eigenvalue weighted by Gasteiger charge is 2.21. The first kappa shape index (κ1) is 18.6. The molecule has 0 N–H and O–H groups in total. The van der Waals surface area contributed by atoms with Crippen molar-refractivity contribution in [2.75, 3.05) is 31.1 Å². The van der Waals surface area contributed by atoms with Gasteiger partial charge in [0.25, 0.3) is 0 Å². The summed E-state index contributed by atoms with van der Waals surface area (Å²) in [7, 11) is 0. The third kappa shape index (κ3) is 4.15. The van der Waals surface area contributed by atoms with Crippen molar-refractivity contribution >= 4 is 33.6 Å². The summed E-state index contributed by atoms with van der Waals surface area (Å²) in [6.45, 7) is 7.18. The minimum absolute atomic E-state index is 0.0787. The van der Waals surface area contributed by atoms with Gasteiger partial charge >= 0.3 is 0 Å². The van der Waals surface area contributed by atoms with E-state index >= 15 is 0 Å². The van der Waals surface area contributed by atoms with Crippen molar-refractivity contribution in [3.63, 3.8) is 0 Å². The molecule has 0 unspecified atom stereocenters. The molecule has 0 bridgehead atoms. The van der Waals surface area contributed by atoms with E-state index in [0.29, 0.717) is 18.7 Å². The Hall–Kier alpha value is -2.14. The summed E-state index contributed by atoms with van der Waals surface area (Å²) in [5, 5.41) is 0. The van der Waals surface area contributed by atoms with E-state index < -0.39 is 0 Å². The van der Waals surface area contributed by atoms with E-state index in [1.54, 1.807) is 18.2 Å². The molecule has 136 valence electrons. The van der Waals surface area contributed by atoms with Gasteiger partial charge in [0.2, 0.25) is 5.91 Å². The maximum Gasteiger partial charge on any atom is 0.246 e. The zero-order valence-electron chi connectivity index (χ0n) is 15.0. The minimum atomic E-state index is -0.336. The van der Waals surface area contributed by atoms with Gasteiger partial charge in [-0.3, -0.25) is 4.79 Å². The number of anilines is 1. The van der Waals surface area contributed by atoms with Gasteiger partial charge in [0.1, 0.15) is 5.82 Å². The maximum absolute atomic E-state index is 13.8. The lowest BCUT2D eigenvalue weighted by Crippen LogP contribution is -2.48. The van der Waals surface area contributed by atoms with Gasteiger partial charge in [-0.05, 0) is 55.3 Å². The van der Waals surface area contributed by atoms with Crippen LogP contribution in [0.4, 0.5) is 10.1 Å². The summed E-state index contributed by atoms with van der Waals surface area (Å²) in [4.78, 5) is 16.6. The smallest absolute Gasteiger partial charge is 0.246 e. The molecule has 1 aliphatic rings. The Bertz CT molecular complexity index is 842. The molecule has 0 spiro atoms. The number of rotatable bonds is 3. The van der Waals surface area contributed by atoms with Crippen LogP contribution in [0.25, 0.3) is 6.08 Å². The third-order valence-electron chi connectivity index (χ3n) is 4.87. The van der Waals surface area contributed by atoms with Crippen molar-refractivity contribution in [1.29, 1.82) is 0 Å². The zero-order chi connectivity index (χ0) is 18.7. The Labute approximate surface area is 162 Å². The quantitative estimate of drug-likeness (QED) is 0.684. The molecule has 2 aromatic carbocycles. The number of hydrogen-bond donors (Lipinski definition) is 0. The fourth-order valence-corrected chi connectivity index (χ4v) is 3.53. The third-order valence-corrected chi connectivity index (χ3v) is 5.36. The second kappa shape index (κ2) is 8.04. The lowest BCUT2D eigenvalue weighted by molar-refractivity contribution is -0.126. The predicted molar refractivity (Wildman–Crippen MR) is 108 cm³/mol. The van der Waals surface area contributed by atoms with Gasteiger partial charge in [-0.15, -0.1) is 0 Å². The zero-order valence-corrected chi connectivity index (χ0v) is 16.6. The summed E-state index contributed by atoms with van der Waals surface area (Å²) in [5.41, 5.74) is 4.21. The predicted octanol–water partition coefficient (Wildman–Crippen LogP) is 4.57. The Morgan fingerprint density at radius 3 is 2.58 bits per heavy atom. The van der Waals surface area contributed by atoms with Gasteiger partial charge in [-0.25, -0.2) is 4.39 Å². The summed E-state index contributed by atoms with van der Waals surface area (Å²) >= 11 is 3.32. The Balaban J connectivity index is 1.62. The van der Waals surface area contributed by atoms with Gasteiger partial charge < -0.3 is 9.80 Å². The Morgan fingerprint density at radius 2 is 1.85 bits per heavy atom. The fraction of sp³-hybridized carbons (Fsp3) is 0.286. The fourth-order valence-electron chi connectivity index (χ4n) is 3.15. The van der Waals surface area contributed by atoms with Gasteiger partial charge in [-0.2, -0.15) is 0 Å². The second-order valence-corrected chi connectivity index (χ2v) is 7.45. The van der Waals surface area contributed by atoms with Crippen molar-refractivity contribution in [3.8, 4) is 0 Å². The number of nitrogens with zero attached hydrogens (tertiary/aromatic N) is 2. The first-order chi connectivity index (χ1) is 12.5. The van der Waals surface area contributed by atoms with Crippen molar-refractivity contribution in [2.24, 2.45) is 0 Å². The number of amides is 1. The molecule has 0 saturated carbocycles. The van der Waals surface area contributed by atoms with Gasteiger partial charge in [0.15, 0.2) is 0 Å². The first-order valence-electron chi connectivity index (χ1n) is 8.69. The van der Waals surface area contributed by atoms with Crippen molar-refractivity contribution < 1.29 is 9.18 Å². The minimum Gasteiger partial charge on any atom is -0.368 e. The Kier molecular flexibility index (Phi) is 5.77. The lowest BCUT2D eigenvalue weighted by atomic mass is 10.1. The van der Waals surface area contributed by atoms with Gasteiger partial charge in [0.05, 0.1) is 0 Å². The van der Waals surface area contributed by atoms with Crippen LogP contribution in [0.1, 0.15) is 16.7 Å². The lowest BCUT2D eigenvalue weighted by Gasteiger charge is -2.36. The van der Waals surface area contributed by atoms with Crippen LogP contribution in [0.15, 0.2) is 46.9 Å². The standard InChI is InChI=1S/C21H22BrFN2O/c1-15-4-3-5-20(16(15)2)24-10-12-25(13-11-24)21(26)9-6-17-14-18(22)7-8-19(17)23/h3-9,14H,10-13H2,1-2H3. The monoisotopic (exact) mass is 416 g/mol. The molecule has 1 heterocycles. The van der Waals surface area contributed by atoms with Crippen LogP contribution < -0.4 is 4.90 Å². The SMILES string of the molecule is Cc1cccc(N2CCN(C(=O)C=Cc3cc(Br)ccc3F)CC2)c1C. The van der Waals surface area contributed by atoms with E-state index in [1.807, 2.05) is 4.90 Å². The molecule has 3 rings (SSSR count). The number of piperazine rings is 1. The molecule has 2 aromatic rings. The number of benzene rings is 2. The van der Waals surface area contributed by atoms with Crippen molar-refractivity contribution in [3.05, 3.63) is 69.5 Å². The molecule has 0 atom stereocenters. The number of carbonyl (C=O) groups is 1. The highest BCUT2D eigenvalue weighted by atomic mass is 79.9. The van der Waals surface area contributed by atoms with Crippen LogP contribution >= 0.6 is 15.9 Å². The number of hydrogen-bond acceptors (Lipinski definition) is 2. The van der Waals surface area contributed by atoms with E-state index in [1.165, 1.54) is 29.0 Å². The molecule has 1 fully saturated rings. The number of carbonyl (C=O) groups excluding carboxylic acids is 1. The van der Waals surface area contributed by atoms with Crippen molar-refractivity contribution in [2.45, 2.75) is 13.8 Å². The largest absolute Gasteiger partial charge is 0.368 e. The average Bonchev–Trinajstić information content (AvgIpc) is 2.64. The van der Waals surface area contributed by atoms with Crippen LogP contribution in [0, 0.1) is 19.7 Å². The van der Waals surface area contributed by atoms with E-state index in [9.17, 15) is 9.18 Å². The molecule has 1 saturated heterocycles. The number of aryl methyl sites for hydroxylation is 1.